The third kappa shape index (κ3) is 6.40. The number of hydrogen-bond donors (Lipinski definition) is 3. The van der Waals surface area contributed by atoms with Crippen LogP contribution < -0.4 is 0 Å². The maximum atomic E-state index is 13.4. The van der Waals surface area contributed by atoms with Crippen molar-refractivity contribution in [2.24, 2.45) is 23.2 Å². The molecule has 0 aromatic carbocycles. The number of rotatable bonds is 8. The summed E-state index contributed by atoms with van der Waals surface area (Å²) in [5.41, 5.74) is 0.195. The van der Waals surface area contributed by atoms with Gasteiger partial charge in [0.2, 0.25) is 0 Å². The molecule has 0 saturated carbocycles. The number of carbonyl (C=O) groups is 3. The Morgan fingerprint density at radius 3 is 2.51 bits per heavy atom. The monoisotopic (exact) mass is 540 g/mol. The van der Waals surface area contributed by atoms with Gasteiger partial charge < -0.3 is 24.8 Å². The maximum absolute atomic E-state index is 13.4. The molecule has 3 aliphatic rings. The second-order valence-electron chi connectivity index (χ2n) is 11.3. The van der Waals surface area contributed by atoms with Crippen LogP contribution in [0.3, 0.4) is 0 Å². The normalized spacial score (nSPS) is 34.9. The van der Waals surface area contributed by atoms with Gasteiger partial charge in [-0.15, -0.1) is 0 Å². The van der Waals surface area contributed by atoms with E-state index in [4.69, 9.17) is 14.6 Å². The fourth-order valence-electron chi connectivity index (χ4n) is 5.81. The zero-order chi connectivity index (χ0) is 29.1. The van der Waals surface area contributed by atoms with Crippen molar-refractivity contribution in [2.45, 2.75) is 78.5 Å². The van der Waals surface area contributed by atoms with Gasteiger partial charge in [-0.25, -0.2) is 4.79 Å². The van der Waals surface area contributed by atoms with E-state index >= 15 is 0 Å². The predicted octanol–water partition coefficient (Wildman–Crippen LogP) is 4.21. The molecule has 212 valence electrons. The number of Topliss-reactive ketones (excluding diaryl/α,β-unsaturated/α-hetero) is 1. The zero-order valence-corrected chi connectivity index (χ0v) is 23.5. The average molecular weight is 541 g/mol. The first-order valence-corrected chi connectivity index (χ1v) is 13.3. The van der Waals surface area contributed by atoms with Crippen molar-refractivity contribution < 1.29 is 39.2 Å². The Morgan fingerprint density at radius 2 is 1.85 bits per heavy atom. The van der Waals surface area contributed by atoms with Crippen molar-refractivity contribution in [1.82, 2.24) is 0 Å². The standard InChI is InChI=1S/C31H40O8/c1-18(10-8-12-25(33)34)9-7-11-20(3)28(36)21(4)29(37)38-23-16-19(2)15-22-13-14-30(5)31(6,27(22)23)24(32)17-26(35)39-30/h7-15,19,21,23,26-28,35-36H,16-17H2,1-6H3,(H,33,34)/b9-7+,12-8+,18-10+,20-11+/t19-,21?,23+,26-,27-,28?,30-,31-/m1/s1. The van der Waals surface area contributed by atoms with Gasteiger partial charge in [-0.2, -0.15) is 0 Å². The van der Waals surface area contributed by atoms with Gasteiger partial charge in [-0.1, -0.05) is 61.1 Å². The summed E-state index contributed by atoms with van der Waals surface area (Å²) in [4.78, 5) is 37.2. The van der Waals surface area contributed by atoms with Crippen LogP contribution in [0.4, 0.5) is 0 Å². The number of fused-ring (bicyclic) bond motifs is 3. The number of carbonyl (C=O) groups excluding carboxylic acids is 2. The van der Waals surface area contributed by atoms with E-state index in [-0.39, 0.29) is 18.1 Å². The highest BCUT2D eigenvalue weighted by molar-refractivity contribution is 5.89. The van der Waals surface area contributed by atoms with Crippen LogP contribution in [0.15, 0.2) is 71.4 Å². The number of aliphatic hydroxyl groups is 2. The molecule has 2 unspecified atom stereocenters. The summed E-state index contributed by atoms with van der Waals surface area (Å²) in [5.74, 6) is -2.91. The molecule has 8 nitrogen and oxygen atoms in total. The lowest BCUT2D eigenvalue weighted by Crippen LogP contribution is -2.64. The van der Waals surface area contributed by atoms with Crippen LogP contribution in [0.2, 0.25) is 0 Å². The Balaban J connectivity index is 1.77. The molecule has 39 heavy (non-hydrogen) atoms. The van der Waals surface area contributed by atoms with Gasteiger partial charge in [0.25, 0.3) is 0 Å². The van der Waals surface area contributed by atoms with Crippen LogP contribution in [-0.2, 0) is 23.9 Å². The van der Waals surface area contributed by atoms with Gasteiger partial charge in [0.15, 0.2) is 6.29 Å². The van der Waals surface area contributed by atoms with E-state index in [1.807, 2.05) is 32.9 Å². The molecule has 0 aromatic heterocycles. The number of hydrogen-bond acceptors (Lipinski definition) is 7. The van der Waals surface area contributed by atoms with Crippen LogP contribution in [0, 0.1) is 23.2 Å². The first-order chi connectivity index (χ1) is 18.2. The highest BCUT2D eigenvalue weighted by Gasteiger charge is 2.63. The molecular formula is C31H40O8. The van der Waals surface area contributed by atoms with E-state index in [1.54, 1.807) is 45.1 Å². The molecule has 3 N–H and O–H groups in total. The summed E-state index contributed by atoms with van der Waals surface area (Å²) in [5, 5.41) is 29.7. The topological polar surface area (TPSA) is 130 Å². The molecular weight excluding hydrogens is 500 g/mol. The maximum Gasteiger partial charge on any atom is 0.328 e. The van der Waals surface area contributed by atoms with Crippen molar-refractivity contribution >= 4 is 17.7 Å². The number of ether oxygens (including phenoxy) is 2. The van der Waals surface area contributed by atoms with Crippen LogP contribution in [0.25, 0.3) is 0 Å². The first kappa shape index (κ1) is 30.5. The highest BCUT2D eigenvalue weighted by Crippen LogP contribution is 2.56. The Morgan fingerprint density at radius 1 is 1.18 bits per heavy atom. The fourth-order valence-corrected chi connectivity index (χ4v) is 5.81. The van der Waals surface area contributed by atoms with E-state index in [0.29, 0.717) is 12.0 Å². The van der Waals surface area contributed by atoms with Crippen LogP contribution in [-0.4, -0.2) is 57.1 Å². The van der Waals surface area contributed by atoms with Crippen molar-refractivity contribution in [2.75, 3.05) is 0 Å². The molecule has 1 saturated heterocycles. The SMILES string of the molecule is CC(/C=C/C=C(\C)C(O)C(C)C(=O)O[C@H]1C[C@H](C)C=C2C=C[C@@]3(C)O[C@@H](O)CC(=O)[C@]3(C)[C@H]21)=C\C=C\C(=O)O. The second-order valence-corrected chi connectivity index (χ2v) is 11.3. The minimum absolute atomic E-state index is 0.116. The van der Waals surface area contributed by atoms with Gasteiger partial charge in [-0.3, -0.25) is 9.59 Å². The quantitative estimate of drug-likeness (QED) is 0.237. The molecule has 0 spiro atoms. The summed E-state index contributed by atoms with van der Waals surface area (Å²) >= 11 is 0. The van der Waals surface area contributed by atoms with E-state index in [2.05, 4.69) is 6.08 Å². The minimum atomic E-state index is -1.19. The number of allylic oxidation sites excluding steroid dienone is 8. The molecule has 1 heterocycles. The average Bonchev–Trinajstić information content (AvgIpc) is 2.84. The van der Waals surface area contributed by atoms with Crippen molar-refractivity contribution in [3.8, 4) is 0 Å². The molecule has 0 amide bonds. The summed E-state index contributed by atoms with van der Waals surface area (Å²) in [6.07, 6.45) is 12.6. The van der Waals surface area contributed by atoms with Gasteiger partial charge in [0, 0.05) is 12.0 Å². The third-order valence-electron chi connectivity index (χ3n) is 8.27. The first-order valence-electron chi connectivity index (χ1n) is 13.3. The lowest BCUT2D eigenvalue weighted by Gasteiger charge is -2.56. The number of ketones is 1. The fraction of sp³-hybridized carbons (Fsp3) is 0.516. The predicted molar refractivity (Wildman–Crippen MR) is 146 cm³/mol. The minimum Gasteiger partial charge on any atom is -0.478 e. The summed E-state index contributed by atoms with van der Waals surface area (Å²) in [6, 6.07) is 0. The van der Waals surface area contributed by atoms with Gasteiger partial charge >= 0.3 is 11.9 Å². The van der Waals surface area contributed by atoms with Gasteiger partial charge in [-0.05, 0) is 58.1 Å². The van der Waals surface area contributed by atoms with Crippen LogP contribution >= 0.6 is 0 Å². The molecule has 2 aliphatic carbocycles. The molecule has 0 bridgehead atoms. The molecule has 3 rings (SSSR count). The second kappa shape index (κ2) is 12.0. The Bertz CT molecular complexity index is 1170. The largest absolute Gasteiger partial charge is 0.478 e. The number of aliphatic hydroxyl groups excluding tert-OH is 2. The molecule has 0 radical (unpaired) electrons. The summed E-state index contributed by atoms with van der Waals surface area (Å²) in [6.45, 7) is 10.8. The molecule has 8 atom stereocenters. The van der Waals surface area contributed by atoms with Crippen molar-refractivity contribution in [3.63, 3.8) is 0 Å². The molecule has 1 fully saturated rings. The number of carboxylic acids is 1. The summed E-state index contributed by atoms with van der Waals surface area (Å²) < 4.78 is 11.9. The van der Waals surface area contributed by atoms with E-state index < -0.39 is 53.3 Å². The molecule has 8 heteroatoms. The van der Waals surface area contributed by atoms with Crippen molar-refractivity contribution in [1.29, 1.82) is 0 Å². The van der Waals surface area contributed by atoms with Gasteiger partial charge in [0.1, 0.15) is 11.9 Å². The van der Waals surface area contributed by atoms with Gasteiger partial charge in [0.05, 0.1) is 29.5 Å². The summed E-state index contributed by atoms with van der Waals surface area (Å²) in [7, 11) is 0. The smallest absolute Gasteiger partial charge is 0.328 e. The van der Waals surface area contributed by atoms with Crippen LogP contribution in [0.5, 0.6) is 0 Å². The zero-order valence-electron chi connectivity index (χ0n) is 23.5. The molecule has 0 aromatic rings. The number of esters is 1. The van der Waals surface area contributed by atoms with Crippen LogP contribution in [0.1, 0.15) is 54.4 Å². The highest BCUT2D eigenvalue weighted by atomic mass is 16.6. The lowest BCUT2D eigenvalue weighted by molar-refractivity contribution is -0.242. The van der Waals surface area contributed by atoms with Crippen molar-refractivity contribution in [3.05, 3.63) is 71.4 Å². The van der Waals surface area contributed by atoms with E-state index in [0.717, 1.165) is 17.2 Å². The van der Waals surface area contributed by atoms with E-state index in [1.165, 1.54) is 6.08 Å². The number of carboxylic acid groups (broad SMARTS) is 1. The lowest BCUT2D eigenvalue weighted by atomic mass is 9.53. The Hall–Kier alpha value is -3.07. The van der Waals surface area contributed by atoms with E-state index in [9.17, 15) is 24.6 Å². The third-order valence-corrected chi connectivity index (χ3v) is 8.27. The molecule has 1 aliphatic heterocycles. The number of aliphatic carboxylic acids is 1. The Labute approximate surface area is 230 Å². The Kier molecular flexibility index (Phi) is 9.36.